The molecule has 1 heterocycles. The first kappa shape index (κ1) is 13.3. The molecule has 0 aromatic rings. The zero-order valence-corrected chi connectivity index (χ0v) is 11.3. The highest BCUT2D eigenvalue weighted by molar-refractivity contribution is 4.86. The van der Waals surface area contributed by atoms with E-state index in [9.17, 15) is 0 Å². The lowest BCUT2D eigenvalue weighted by molar-refractivity contribution is -0.0103. The summed E-state index contributed by atoms with van der Waals surface area (Å²) >= 11 is 0. The summed E-state index contributed by atoms with van der Waals surface area (Å²) in [6, 6.07) is 0.707. The third-order valence-electron chi connectivity index (χ3n) is 3.95. The van der Waals surface area contributed by atoms with Crippen molar-refractivity contribution in [3.8, 4) is 0 Å². The zero-order valence-electron chi connectivity index (χ0n) is 11.3. The minimum absolute atomic E-state index is 0.529. The Kier molecular flexibility index (Phi) is 5.22. The number of rotatable bonds is 6. The van der Waals surface area contributed by atoms with Crippen molar-refractivity contribution in [2.75, 3.05) is 52.9 Å². The van der Waals surface area contributed by atoms with Gasteiger partial charge in [0.1, 0.15) is 0 Å². The average molecular weight is 241 g/mol. The van der Waals surface area contributed by atoms with Gasteiger partial charge in [-0.05, 0) is 26.8 Å². The average Bonchev–Trinajstić information content (AvgIpc) is 2.28. The van der Waals surface area contributed by atoms with E-state index in [1.807, 2.05) is 0 Å². The predicted molar refractivity (Wildman–Crippen MR) is 70.4 cm³/mol. The van der Waals surface area contributed by atoms with Crippen molar-refractivity contribution in [2.45, 2.75) is 31.9 Å². The molecule has 1 aliphatic heterocycles. The SMILES string of the molecule is CCOC1CC(NCCN2CCN(C)CC2)C1. The minimum atomic E-state index is 0.529. The number of ether oxygens (including phenoxy) is 1. The summed E-state index contributed by atoms with van der Waals surface area (Å²) in [7, 11) is 2.21. The van der Waals surface area contributed by atoms with E-state index in [4.69, 9.17) is 4.74 Å². The lowest BCUT2D eigenvalue weighted by Crippen LogP contribution is -2.50. The molecule has 0 bridgehead atoms. The third-order valence-corrected chi connectivity index (χ3v) is 3.95. The molecule has 4 heteroatoms. The Balaban J connectivity index is 1.47. The number of hydrogen-bond donors (Lipinski definition) is 1. The number of piperazine rings is 1. The van der Waals surface area contributed by atoms with Crippen LogP contribution in [0.2, 0.25) is 0 Å². The molecule has 1 saturated heterocycles. The fourth-order valence-electron chi connectivity index (χ4n) is 2.60. The molecule has 0 spiro atoms. The lowest BCUT2D eigenvalue weighted by Gasteiger charge is -2.37. The number of nitrogens with one attached hydrogen (secondary N) is 1. The van der Waals surface area contributed by atoms with Crippen LogP contribution in [0.3, 0.4) is 0 Å². The smallest absolute Gasteiger partial charge is 0.0604 e. The van der Waals surface area contributed by atoms with E-state index >= 15 is 0 Å². The Hall–Kier alpha value is -0.160. The van der Waals surface area contributed by atoms with Crippen molar-refractivity contribution >= 4 is 0 Å². The predicted octanol–water partition coefficient (Wildman–Crippen LogP) is 0.391. The molecule has 1 N–H and O–H groups in total. The molecule has 17 heavy (non-hydrogen) atoms. The van der Waals surface area contributed by atoms with Crippen LogP contribution in [0.5, 0.6) is 0 Å². The third kappa shape index (κ3) is 4.21. The highest BCUT2D eigenvalue weighted by Gasteiger charge is 2.28. The Morgan fingerprint density at radius 2 is 1.88 bits per heavy atom. The van der Waals surface area contributed by atoms with E-state index < -0.39 is 0 Å². The molecule has 1 aliphatic carbocycles. The molecule has 0 atom stereocenters. The van der Waals surface area contributed by atoms with Crippen LogP contribution in [0.4, 0.5) is 0 Å². The topological polar surface area (TPSA) is 27.7 Å². The van der Waals surface area contributed by atoms with Gasteiger partial charge in [-0.15, -0.1) is 0 Å². The Morgan fingerprint density at radius 1 is 1.18 bits per heavy atom. The van der Waals surface area contributed by atoms with Gasteiger partial charge in [-0.2, -0.15) is 0 Å². The molecule has 4 nitrogen and oxygen atoms in total. The molecule has 2 aliphatic rings. The summed E-state index contributed by atoms with van der Waals surface area (Å²) in [5.41, 5.74) is 0. The standard InChI is InChI=1S/C13H27N3O/c1-3-17-13-10-12(11-13)14-4-5-16-8-6-15(2)7-9-16/h12-14H,3-11H2,1-2H3. The molecule has 0 unspecified atom stereocenters. The second-order valence-corrected chi connectivity index (χ2v) is 5.34. The number of hydrogen-bond acceptors (Lipinski definition) is 4. The van der Waals surface area contributed by atoms with Crippen LogP contribution < -0.4 is 5.32 Å². The van der Waals surface area contributed by atoms with E-state index in [-0.39, 0.29) is 0 Å². The zero-order chi connectivity index (χ0) is 12.1. The van der Waals surface area contributed by atoms with Crippen LogP contribution in [-0.4, -0.2) is 74.9 Å². The van der Waals surface area contributed by atoms with E-state index in [2.05, 4.69) is 29.1 Å². The summed E-state index contributed by atoms with van der Waals surface area (Å²) in [5, 5.41) is 3.63. The lowest BCUT2D eigenvalue weighted by atomic mass is 9.89. The Labute approximate surface area is 105 Å². The largest absolute Gasteiger partial charge is 0.378 e. The summed E-state index contributed by atoms with van der Waals surface area (Å²) in [6.07, 6.45) is 2.94. The Morgan fingerprint density at radius 3 is 2.53 bits per heavy atom. The molecule has 100 valence electrons. The summed E-state index contributed by atoms with van der Waals surface area (Å²) in [6.45, 7) is 10.2. The van der Waals surface area contributed by atoms with E-state index in [1.165, 1.54) is 45.6 Å². The first-order chi connectivity index (χ1) is 8.28. The molecule has 1 saturated carbocycles. The monoisotopic (exact) mass is 241 g/mol. The molecular formula is C13H27N3O. The Bertz CT molecular complexity index is 211. The summed E-state index contributed by atoms with van der Waals surface area (Å²) in [4.78, 5) is 4.97. The van der Waals surface area contributed by atoms with Crippen molar-refractivity contribution in [1.29, 1.82) is 0 Å². The second kappa shape index (κ2) is 6.69. The first-order valence-corrected chi connectivity index (χ1v) is 7.04. The molecule has 0 radical (unpaired) electrons. The van der Waals surface area contributed by atoms with E-state index in [0.717, 1.165) is 13.2 Å². The molecule has 0 aromatic carbocycles. The highest BCUT2D eigenvalue weighted by atomic mass is 16.5. The van der Waals surface area contributed by atoms with Gasteiger partial charge in [0.15, 0.2) is 0 Å². The van der Waals surface area contributed by atoms with Crippen LogP contribution in [0.1, 0.15) is 19.8 Å². The quantitative estimate of drug-likeness (QED) is 0.728. The molecule has 0 aromatic heterocycles. The van der Waals surface area contributed by atoms with Crippen molar-refractivity contribution < 1.29 is 4.74 Å². The molecule has 0 amide bonds. The van der Waals surface area contributed by atoms with Gasteiger partial charge in [0.25, 0.3) is 0 Å². The maximum Gasteiger partial charge on any atom is 0.0604 e. The first-order valence-electron chi connectivity index (χ1n) is 7.04. The van der Waals surface area contributed by atoms with Gasteiger partial charge in [-0.3, -0.25) is 4.90 Å². The molecule has 2 rings (SSSR count). The van der Waals surface area contributed by atoms with Crippen molar-refractivity contribution in [3.05, 3.63) is 0 Å². The van der Waals surface area contributed by atoms with Gasteiger partial charge in [0.05, 0.1) is 6.10 Å². The van der Waals surface area contributed by atoms with E-state index in [1.54, 1.807) is 0 Å². The van der Waals surface area contributed by atoms with E-state index in [0.29, 0.717) is 12.1 Å². The maximum absolute atomic E-state index is 5.56. The fraction of sp³-hybridized carbons (Fsp3) is 1.00. The van der Waals surface area contributed by atoms with Crippen LogP contribution in [-0.2, 0) is 4.74 Å². The van der Waals surface area contributed by atoms with Crippen molar-refractivity contribution in [2.24, 2.45) is 0 Å². The van der Waals surface area contributed by atoms with Crippen molar-refractivity contribution in [1.82, 2.24) is 15.1 Å². The fourth-order valence-corrected chi connectivity index (χ4v) is 2.60. The van der Waals surface area contributed by atoms with Crippen molar-refractivity contribution in [3.63, 3.8) is 0 Å². The van der Waals surface area contributed by atoms with Gasteiger partial charge in [-0.1, -0.05) is 0 Å². The maximum atomic E-state index is 5.56. The van der Waals surface area contributed by atoms with Gasteiger partial charge in [0, 0.05) is 51.9 Å². The van der Waals surface area contributed by atoms with Gasteiger partial charge < -0.3 is 15.0 Å². The number of nitrogens with zero attached hydrogens (tertiary/aromatic N) is 2. The molecule has 2 fully saturated rings. The molecular weight excluding hydrogens is 214 g/mol. The van der Waals surface area contributed by atoms with Crippen LogP contribution in [0.15, 0.2) is 0 Å². The van der Waals surface area contributed by atoms with Crippen LogP contribution in [0, 0.1) is 0 Å². The number of likely N-dealkylation sites (N-methyl/N-ethyl adjacent to an activating group) is 1. The highest BCUT2D eigenvalue weighted by Crippen LogP contribution is 2.22. The minimum Gasteiger partial charge on any atom is -0.378 e. The van der Waals surface area contributed by atoms with Crippen LogP contribution in [0.25, 0.3) is 0 Å². The van der Waals surface area contributed by atoms with Gasteiger partial charge in [0.2, 0.25) is 0 Å². The summed E-state index contributed by atoms with van der Waals surface area (Å²) in [5.74, 6) is 0. The summed E-state index contributed by atoms with van der Waals surface area (Å²) < 4.78 is 5.56. The second-order valence-electron chi connectivity index (χ2n) is 5.34. The van der Waals surface area contributed by atoms with Gasteiger partial charge in [-0.25, -0.2) is 0 Å². The normalized spacial score (nSPS) is 31.4. The van der Waals surface area contributed by atoms with Crippen LogP contribution >= 0.6 is 0 Å². The van der Waals surface area contributed by atoms with Gasteiger partial charge >= 0.3 is 0 Å².